The van der Waals surface area contributed by atoms with E-state index >= 15 is 0 Å². The van der Waals surface area contributed by atoms with Crippen molar-refractivity contribution in [2.75, 3.05) is 19.8 Å². The highest BCUT2D eigenvalue weighted by Crippen LogP contribution is 2.38. The lowest BCUT2D eigenvalue weighted by molar-refractivity contribution is -0.386. The topological polar surface area (TPSA) is 81.8 Å². The smallest absolute Gasteiger partial charge is 0.312 e. The quantitative estimate of drug-likeness (QED) is 0.655. The fourth-order valence-electron chi connectivity index (χ4n) is 2.12. The zero-order chi connectivity index (χ0) is 14.7. The molecule has 0 aliphatic carbocycles. The number of nitro benzene ring substituents is 1. The minimum atomic E-state index is -0.846. The lowest BCUT2D eigenvalue weighted by Crippen LogP contribution is -2.14. The van der Waals surface area contributed by atoms with Crippen molar-refractivity contribution in [3.05, 3.63) is 32.3 Å². The highest BCUT2D eigenvalue weighted by Gasteiger charge is 2.25. The first-order chi connectivity index (χ1) is 9.49. The maximum absolute atomic E-state index is 11.1. The molecule has 1 aromatic rings. The van der Waals surface area contributed by atoms with Crippen LogP contribution in [0.5, 0.6) is 5.75 Å². The summed E-state index contributed by atoms with van der Waals surface area (Å²) in [6.45, 7) is 3.20. The first-order valence-corrected chi connectivity index (χ1v) is 7.14. The normalized spacial score (nSPS) is 19.9. The maximum Gasteiger partial charge on any atom is 0.312 e. The Morgan fingerprint density at radius 1 is 1.65 bits per heavy atom. The van der Waals surface area contributed by atoms with Crippen LogP contribution >= 0.6 is 15.9 Å². The molecule has 2 atom stereocenters. The van der Waals surface area contributed by atoms with Crippen LogP contribution in [0.1, 0.15) is 25.0 Å². The van der Waals surface area contributed by atoms with Crippen LogP contribution in [0, 0.1) is 16.0 Å². The Morgan fingerprint density at radius 2 is 2.40 bits per heavy atom. The number of aliphatic hydroxyl groups is 1. The van der Waals surface area contributed by atoms with E-state index in [1.807, 2.05) is 0 Å². The lowest BCUT2D eigenvalue weighted by atomic mass is 10.1. The molecule has 0 radical (unpaired) electrons. The number of nitrogens with zero attached hydrogens (tertiary/aromatic N) is 1. The van der Waals surface area contributed by atoms with Gasteiger partial charge in [-0.05, 0) is 19.4 Å². The van der Waals surface area contributed by atoms with E-state index < -0.39 is 11.0 Å². The second kappa shape index (κ2) is 6.51. The Balaban J connectivity index is 2.29. The number of rotatable bonds is 5. The Hall–Kier alpha value is -1.18. The van der Waals surface area contributed by atoms with Crippen LogP contribution in [0.4, 0.5) is 5.69 Å². The van der Waals surface area contributed by atoms with E-state index in [2.05, 4.69) is 15.9 Å². The number of aliphatic hydroxyl groups excluding tert-OH is 1. The molecule has 0 bridgehead atoms. The van der Waals surface area contributed by atoms with Crippen LogP contribution in [-0.2, 0) is 4.74 Å². The number of hydrogen-bond acceptors (Lipinski definition) is 5. The predicted molar refractivity (Wildman–Crippen MR) is 75.9 cm³/mol. The monoisotopic (exact) mass is 345 g/mol. The molecule has 6 nitrogen and oxygen atoms in total. The van der Waals surface area contributed by atoms with E-state index in [0.29, 0.717) is 29.9 Å². The molecule has 0 amide bonds. The van der Waals surface area contributed by atoms with Gasteiger partial charge in [-0.3, -0.25) is 10.1 Å². The van der Waals surface area contributed by atoms with Crippen molar-refractivity contribution in [3.8, 4) is 5.75 Å². The fourth-order valence-corrected chi connectivity index (χ4v) is 2.58. The van der Waals surface area contributed by atoms with Crippen LogP contribution in [0.3, 0.4) is 0 Å². The summed E-state index contributed by atoms with van der Waals surface area (Å²) in [5.74, 6) is 0.375. The summed E-state index contributed by atoms with van der Waals surface area (Å²) in [7, 11) is 0. The van der Waals surface area contributed by atoms with Crippen LogP contribution in [0.2, 0.25) is 0 Å². The summed E-state index contributed by atoms with van der Waals surface area (Å²) < 4.78 is 11.4. The average Bonchev–Trinajstić information content (AvgIpc) is 2.89. The predicted octanol–water partition coefficient (Wildman–Crippen LogP) is 2.83. The van der Waals surface area contributed by atoms with Gasteiger partial charge in [0.25, 0.3) is 0 Å². The van der Waals surface area contributed by atoms with E-state index in [9.17, 15) is 15.2 Å². The Morgan fingerprint density at radius 3 is 2.95 bits per heavy atom. The molecule has 1 heterocycles. The molecule has 1 aromatic carbocycles. The van der Waals surface area contributed by atoms with Gasteiger partial charge >= 0.3 is 5.69 Å². The number of nitro groups is 1. The highest BCUT2D eigenvalue weighted by atomic mass is 79.9. The largest absolute Gasteiger partial charge is 0.486 e. The van der Waals surface area contributed by atoms with Crippen molar-refractivity contribution in [2.45, 2.75) is 19.4 Å². The van der Waals surface area contributed by atoms with Crippen molar-refractivity contribution in [2.24, 2.45) is 5.92 Å². The standard InChI is InChI=1S/C13H16BrNO5/c1-8(16)11-4-10(14)5-12(15(17)18)13(11)20-7-9-2-3-19-6-9/h4-5,8-9,16H,2-3,6-7H2,1H3/t8-,9?/m0/s1. The lowest BCUT2D eigenvalue weighted by Gasteiger charge is -2.16. The third kappa shape index (κ3) is 3.47. The van der Waals surface area contributed by atoms with Gasteiger partial charge in [0, 0.05) is 28.6 Å². The van der Waals surface area contributed by atoms with Gasteiger partial charge in [0.1, 0.15) is 0 Å². The molecular formula is C13H16BrNO5. The molecule has 0 aromatic heterocycles. The van der Waals surface area contributed by atoms with Gasteiger partial charge in [0.15, 0.2) is 0 Å². The third-order valence-corrected chi connectivity index (χ3v) is 3.65. The molecule has 2 rings (SSSR count). The summed E-state index contributed by atoms with van der Waals surface area (Å²) in [4.78, 5) is 10.6. The van der Waals surface area contributed by atoms with E-state index in [0.717, 1.165) is 6.42 Å². The van der Waals surface area contributed by atoms with Gasteiger partial charge in [-0.1, -0.05) is 15.9 Å². The summed E-state index contributed by atoms with van der Waals surface area (Å²) in [5, 5.41) is 20.9. The molecule has 1 N–H and O–H groups in total. The highest BCUT2D eigenvalue weighted by molar-refractivity contribution is 9.10. The van der Waals surface area contributed by atoms with Gasteiger partial charge in [-0.15, -0.1) is 0 Å². The number of ether oxygens (including phenoxy) is 2. The fraction of sp³-hybridized carbons (Fsp3) is 0.538. The summed E-state index contributed by atoms with van der Waals surface area (Å²) in [5.41, 5.74) is 0.263. The van der Waals surface area contributed by atoms with Crippen LogP contribution in [0.25, 0.3) is 0 Å². The minimum absolute atomic E-state index is 0.139. The first kappa shape index (κ1) is 15.2. The van der Waals surface area contributed by atoms with Crippen LogP contribution in [-0.4, -0.2) is 29.9 Å². The minimum Gasteiger partial charge on any atom is -0.486 e. The second-order valence-electron chi connectivity index (χ2n) is 4.82. The molecule has 1 aliphatic rings. The third-order valence-electron chi connectivity index (χ3n) is 3.20. The van der Waals surface area contributed by atoms with Crippen molar-refractivity contribution < 1.29 is 19.5 Å². The van der Waals surface area contributed by atoms with Crippen LogP contribution in [0.15, 0.2) is 16.6 Å². The van der Waals surface area contributed by atoms with Crippen molar-refractivity contribution in [3.63, 3.8) is 0 Å². The molecule has 20 heavy (non-hydrogen) atoms. The molecular weight excluding hydrogens is 330 g/mol. The van der Waals surface area contributed by atoms with Gasteiger partial charge < -0.3 is 14.6 Å². The van der Waals surface area contributed by atoms with E-state index in [-0.39, 0.29) is 17.4 Å². The van der Waals surface area contributed by atoms with Gasteiger partial charge in [-0.2, -0.15) is 0 Å². The van der Waals surface area contributed by atoms with Gasteiger partial charge in [-0.25, -0.2) is 0 Å². The van der Waals surface area contributed by atoms with Crippen LogP contribution < -0.4 is 4.74 Å². The molecule has 110 valence electrons. The molecule has 0 spiro atoms. The molecule has 1 fully saturated rings. The van der Waals surface area contributed by atoms with Gasteiger partial charge in [0.05, 0.1) is 24.2 Å². The molecule has 1 unspecified atom stereocenters. The van der Waals surface area contributed by atoms with Crippen molar-refractivity contribution in [1.29, 1.82) is 0 Å². The summed E-state index contributed by atoms with van der Waals surface area (Å²) in [6.07, 6.45) is 0.0370. The zero-order valence-corrected chi connectivity index (χ0v) is 12.6. The molecule has 1 saturated heterocycles. The molecule has 1 aliphatic heterocycles. The Bertz CT molecular complexity index is 500. The summed E-state index contributed by atoms with van der Waals surface area (Å²) in [6, 6.07) is 3.02. The van der Waals surface area contributed by atoms with E-state index in [1.54, 1.807) is 13.0 Å². The number of benzene rings is 1. The van der Waals surface area contributed by atoms with E-state index in [1.165, 1.54) is 6.07 Å². The number of hydrogen-bond donors (Lipinski definition) is 1. The Labute approximate surface area is 125 Å². The van der Waals surface area contributed by atoms with Gasteiger partial charge in [0.2, 0.25) is 5.75 Å². The zero-order valence-electron chi connectivity index (χ0n) is 11.0. The summed E-state index contributed by atoms with van der Waals surface area (Å²) >= 11 is 3.21. The number of halogens is 1. The SMILES string of the molecule is C[C@H](O)c1cc(Br)cc([N+](=O)[O-])c1OCC1CCOC1. The molecule has 7 heteroatoms. The maximum atomic E-state index is 11.1. The van der Waals surface area contributed by atoms with Crippen molar-refractivity contribution >= 4 is 21.6 Å². The van der Waals surface area contributed by atoms with E-state index in [4.69, 9.17) is 9.47 Å². The second-order valence-corrected chi connectivity index (χ2v) is 5.73. The molecule has 0 saturated carbocycles. The van der Waals surface area contributed by atoms with Crippen molar-refractivity contribution in [1.82, 2.24) is 0 Å². The average molecular weight is 346 g/mol. The first-order valence-electron chi connectivity index (χ1n) is 6.35. The Kier molecular flexibility index (Phi) is 4.95.